The molecule has 0 aliphatic rings. The number of phenols is 1. The molecule has 1 aromatic carbocycles. The third kappa shape index (κ3) is 2.84. The molecule has 0 amide bonds. The topological polar surface area (TPSA) is 63.4 Å². The Labute approximate surface area is 112 Å². The van der Waals surface area contributed by atoms with Crippen LogP contribution in [0.5, 0.6) is 5.75 Å². The van der Waals surface area contributed by atoms with E-state index in [4.69, 9.17) is 5.11 Å². The molecule has 1 rings (SSSR count). The maximum atomic E-state index is 10.3. The molecule has 0 heterocycles. The van der Waals surface area contributed by atoms with Gasteiger partial charge < -0.3 is 5.11 Å². The van der Waals surface area contributed by atoms with Gasteiger partial charge >= 0.3 is 51.4 Å². The summed E-state index contributed by atoms with van der Waals surface area (Å²) >= 11 is 0. The molecule has 0 saturated carbocycles. The molecular formula is C7H7KNO3+. The van der Waals surface area contributed by atoms with E-state index in [1.165, 1.54) is 18.2 Å². The molecule has 0 unspecified atom stereocenters. The molecular weight excluding hydrogens is 185 g/mol. The number of aromatic hydroxyl groups is 1. The van der Waals surface area contributed by atoms with Crippen molar-refractivity contribution in [1.82, 2.24) is 0 Å². The van der Waals surface area contributed by atoms with Crippen molar-refractivity contribution in [2.75, 3.05) is 0 Å². The van der Waals surface area contributed by atoms with Crippen LogP contribution in [0.15, 0.2) is 18.2 Å². The van der Waals surface area contributed by atoms with E-state index >= 15 is 0 Å². The summed E-state index contributed by atoms with van der Waals surface area (Å²) in [5.74, 6) is 0.0492. The molecule has 0 fully saturated rings. The Morgan fingerprint density at radius 1 is 1.50 bits per heavy atom. The molecule has 0 saturated heterocycles. The molecule has 1 N–H and O–H groups in total. The van der Waals surface area contributed by atoms with Crippen molar-refractivity contribution in [2.24, 2.45) is 0 Å². The van der Waals surface area contributed by atoms with E-state index in [0.717, 1.165) is 0 Å². The molecule has 0 aromatic heterocycles. The molecule has 5 heteroatoms. The standard InChI is InChI=1S/C7H7NO3.K/c1-5-4-6(9)2-3-7(5)8(10)11;/h2-4,9H,1H3;/q;+1. The van der Waals surface area contributed by atoms with Crippen molar-refractivity contribution in [1.29, 1.82) is 0 Å². The second kappa shape index (κ2) is 4.93. The fraction of sp³-hybridized carbons (Fsp3) is 0.143. The number of hydrogen-bond acceptors (Lipinski definition) is 3. The number of rotatable bonds is 1. The van der Waals surface area contributed by atoms with Crippen LogP contribution in [0.1, 0.15) is 5.56 Å². The van der Waals surface area contributed by atoms with Crippen LogP contribution in [0.4, 0.5) is 5.69 Å². The van der Waals surface area contributed by atoms with Crippen molar-refractivity contribution in [3.05, 3.63) is 33.9 Å². The normalized spacial score (nSPS) is 8.75. The van der Waals surface area contributed by atoms with E-state index in [1.807, 2.05) is 0 Å². The Balaban J connectivity index is 0.00000121. The SMILES string of the molecule is Cc1cc(O)ccc1[N+](=O)[O-].[K+]. The Bertz CT molecular complexity index is 301. The summed E-state index contributed by atoms with van der Waals surface area (Å²) in [4.78, 5) is 9.78. The second-order valence-corrected chi connectivity index (χ2v) is 2.23. The molecule has 4 nitrogen and oxygen atoms in total. The summed E-state index contributed by atoms with van der Waals surface area (Å²) < 4.78 is 0. The first kappa shape index (κ1) is 12.1. The van der Waals surface area contributed by atoms with Crippen LogP contribution in [0, 0.1) is 17.0 Å². The van der Waals surface area contributed by atoms with Crippen LogP contribution in [0.25, 0.3) is 0 Å². The van der Waals surface area contributed by atoms with E-state index in [1.54, 1.807) is 6.92 Å². The minimum absolute atomic E-state index is 0. The minimum atomic E-state index is -0.477. The van der Waals surface area contributed by atoms with Gasteiger partial charge in [-0.2, -0.15) is 0 Å². The third-order valence-corrected chi connectivity index (χ3v) is 1.38. The van der Waals surface area contributed by atoms with E-state index in [9.17, 15) is 10.1 Å². The van der Waals surface area contributed by atoms with Crippen LogP contribution in [-0.4, -0.2) is 10.0 Å². The zero-order valence-corrected chi connectivity index (χ0v) is 10.1. The zero-order valence-electron chi connectivity index (χ0n) is 6.94. The zero-order chi connectivity index (χ0) is 8.43. The number of aryl methyl sites for hydroxylation is 1. The van der Waals surface area contributed by atoms with Gasteiger partial charge in [-0.1, -0.05) is 0 Å². The quantitative estimate of drug-likeness (QED) is 0.338. The van der Waals surface area contributed by atoms with E-state index in [-0.39, 0.29) is 62.8 Å². The summed E-state index contributed by atoms with van der Waals surface area (Å²) in [5.41, 5.74) is 0.498. The minimum Gasteiger partial charge on any atom is -0.508 e. The van der Waals surface area contributed by atoms with Crippen LogP contribution in [0.2, 0.25) is 0 Å². The van der Waals surface area contributed by atoms with Gasteiger partial charge in [-0.05, 0) is 19.1 Å². The average Bonchev–Trinajstić information content (AvgIpc) is 1.85. The maximum Gasteiger partial charge on any atom is 1.00 e. The van der Waals surface area contributed by atoms with Gasteiger partial charge in [-0.25, -0.2) is 0 Å². The van der Waals surface area contributed by atoms with Gasteiger partial charge in [0.05, 0.1) is 4.92 Å². The predicted molar refractivity (Wildman–Crippen MR) is 39.5 cm³/mol. The fourth-order valence-electron chi connectivity index (χ4n) is 0.844. The molecule has 12 heavy (non-hydrogen) atoms. The number of phenolic OH excluding ortho intramolecular Hbond substituents is 1. The first-order valence-corrected chi connectivity index (χ1v) is 3.05. The van der Waals surface area contributed by atoms with Gasteiger partial charge in [-0.3, -0.25) is 10.1 Å². The van der Waals surface area contributed by atoms with E-state index in [2.05, 4.69) is 0 Å². The summed E-state index contributed by atoms with van der Waals surface area (Å²) in [6.45, 7) is 1.58. The smallest absolute Gasteiger partial charge is 0.508 e. The Hall–Kier alpha value is 0.0564. The maximum absolute atomic E-state index is 10.3. The fourth-order valence-corrected chi connectivity index (χ4v) is 0.844. The molecule has 1 aromatic rings. The molecule has 0 radical (unpaired) electrons. The molecule has 0 spiro atoms. The van der Waals surface area contributed by atoms with E-state index in [0.29, 0.717) is 5.56 Å². The Kier molecular flexibility index (Phi) is 4.96. The number of nitro groups is 1. The number of benzene rings is 1. The number of hydrogen-bond donors (Lipinski definition) is 1. The van der Waals surface area contributed by atoms with Crippen LogP contribution in [-0.2, 0) is 0 Å². The Morgan fingerprint density at radius 2 is 2.08 bits per heavy atom. The van der Waals surface area contributed by atoms with Gasteiger partial charge in [0.25, 0.3) is 5.69 Å². The van der Waals surface area contributed by atoms with Crippen molar-refractivity contribution in [2.45, 2.75) is 6.92 Å². The monoisotopic (exact) mass is 192 g/mol. The molecule has 58 valence electrons. The van der Waals surface area contributed by atoms with Gasteiger partial charge in [0.15, 0.2) is 0 Å². The van der Waals surface area contributed by atoms with Gasteiger partial charge in [0.1, 0.15) is 5.75 Å². The van der Waals surface area contributed by atoms with Crippen molar-refractivity contribution in [3.63, 3.8) is 0 Å². The van der Waals surface area contributed by atoms with Crippen molar-refractivity contribution < 1.29 is 61.4 Å². The predicted octanol–water partition coefficient (Wildman–Crippen LogP) is -1.39. The Morgan fingerprint density at radius 3 is 2.50 bits per heavy atom. The first-order chi connectivity index (χ1) is 5.11. The summed E-state index contributed by atoms with van der Waals surface area (Å²) in [6.07, 6.45) is 0. The molecule has 0 aliphatic heterocycles. The van der Waals surface area contributed by atoms with Gasteiger partial charge in [0.2, 0.25) is 0 Å². The summed E-state index contributed by atoms with van der Waals surface area (Å²) in [7, 11) is 0. The second-order valence-electron chi connectivity index (χ2n) is 2.23. The van der Waals surface area contributed by atoms with Crippen LogP contribution >= 0.6 is 0 Å². The number of nitro benzene ring substituents is 1. The van der Waals surface area contributed by atoms with Gasteiger partial charge in [-0.15, -0.1) is 0 Å². The summed E-state index contributed by atoms with van der Waals surface area (Å²) in [5, 5.41) is 19.2. The van der Waals surface area contributed by atoms with Crippen molar-refractivity contribution in [3.8, 4) is 5.75 Å². The van der Waals surface area contributed by atoms with Crippen LogP contribution < -0.4 is 51.4 Å². The third-order valence-electron chi connectivity index (χ3n) is 1.38. The van der Waals surface area contributed by atoms with Crippen LogP contribution in [0.3, 0.4) is 0 Å². The summed E-state index contributed by atoms with van der Waals surface area (Å²) in [6, 6.07) is 3.94. The number of nitrogens with zero attached hydrogens (tertiary/aromatic N) is 1. The first-order valence-electron chi connectivity index (χ1n) is 3.05. The largest absolute Gasteiger partial charge is 1.00 e. The van der Waals surface area contributed by atoms with E-state index < -0.39 is 4.92 Å². The van der Waals surface area contributed by atoms with Gasteiger partial charge in [0, 0.05) is 11.6 Å². The molecule has 0 atom stereocenters. The average molecular weight is 192 g/mol. The molecule has 0 bridgehead atoms. The van der Waals surface area contributed by atoms with Crippen molar-refractivity contribution >= 4 is 5.69 Å². The molecule has 0 aliphatic carbocycles.